The van der Waals surface area contributed by atoms with Crippen LogP contribution in [0.1, 0.15) is 50.2 Å². The van der Waals surface area contributed by atoms with Crippen LogP contribution < -0.4 is 10.1 Å². The van der Waals surface area contributed by atoms with Gasteiger partial charge in [-0.05, 0) is 56.8 Å². The van der Waals surface area contributed by atoms with Crippen molar-refractivity contribution in [2.24, 2.45) is 0 Å². The van der Waals surface area contributed by atoms with E-state index in [4.69, 9.17) is 4.74 Å². The highest BCUT2D eigenvalue weighted by Crippen LogP contribution is 2.65. The Hall–Kier alpha value is -1.56. The fourth-order valence-electron chi connectivity index (χ4n) is 6.69. The van der Waals surface area contributed by atoms with Crippen molar-refractivity contribution in [2.75, 3.05) is 19.6 Å². The number of hydrogen-bond donors (Lipinski definition) is 3. The highest BCUT2D eigenvalue weighted by molar-refractivity contribution is 5.62. The van der Waals surface area contributed by atoms with Gasteiger partial charge in [-0.3, -0.25) is 4.90 Å². The Kier molecular flexibility index (Phi) is 4.27. The molecule has 2 aliphatic carbocycles. The minimum absolute atomic E-state index is 0.0740. The summed E-state index contributed by atoms with van der Waals surface area (Å²) in [5.74, 6) is 0.838. The molecule has 2 fully saturated rings. The first kappa shape index (κ1) is 18.5. The Morgan fingerprint density at radius 3 is 3.04 bits per heavy atom. The van der Waals surface area contributed by atoms with Crippen molar-refractivity contribution in [1.29, 1.82) is 0 Å². The molecule has 4 aliphatic rings. The largest absolute Gasteiger partial charge is 0.504 e. The van der Waals surface area contributed by atoms with Crippen LogP contribution in [0.3, 0.4) is 0 Å². The van der Waals surface area contributed by atoms with Gasteiger partial charge in [0.1, 0.15) is 6.10 Å². The van der Waals surface area contributed by atoms with Crippen LogP contribution >= 0.6 is 0 Å². The summed E-state index contributed by atoms with van der Waals surface area (Å²) in [6.45, 7) is 8.82. The summed E-state index contributed by atoms with van der Waals surface area (Å²) < 4.78 is 6.50. The molecule has 5 nitrogen and oxygen atoms in total. The molecule has 5 atom stereocenters. The molecule has 1 aromatic rings. The van der Waals surface area contributed by atoms with E-state index in [-0.39, 0.29) is 23.9 Å². The van der Waals surface area contributed by atoms with E-state index >= 15 is 0 Å². The number of likely N-dealkylation sites (tertiary alicyclic amines) is 1. The quantitative estimate of drug-likeness (QED) is 0.520. The molecule has 1 aromatic carbocycles. The number of ether oxygens (including phenoxy) is 1. The lowest BCUT2D eigenvalue weighted by Gasteiger charge is -2.64. The van der Waals surface area contributed by atoms with E-state index in [1.54, 1.807) is 6.07 Å². The first-order chi connectivity index (χ1) is 13.6. The van der Waals surface area contributed by atoms with Gasteiger partial charge in [0.15, 0.2) is 11.5 Å². The fraction of sp³-hybridized carbons (Fsp3) is 0.652. The summed E-state index contributed by atoms with van der Waals surface area (Å²) in [5.41, 5.74) is 1.07. The summed E-state index contributed by atoms with van der Waals surface area (Å²) >= 11 is 0. The van der Waals surface area contributed by atoms with Gasteiger partial charge in [-0.2, -0.15) is 0 Å². The third-order valence-corrected chi connectivity index (χ3v) is 7.87. The second-order valence-electron chi connectivity index (χ2n) is 9.09. The maximum Gasteiger partial charge on any atom is 0.165 e. The second kappa shape index (κ2) is 6.48. The fourth-order valence-corrected chi connectivity index (χ4v) is 6.69. The molecule has 5 rings (SSSR count). The zero-order chi connectivity index (χ0) is 19.5. The highest BCUT2D eigenvalue weighted by Gasteiger charge is 2.72. The van der Waals surface area contributed by atoms with E-state index in [1.165, 1.54) is 5.56 Å². The number of phenolic OH excluding ortho intramolecular Hbond substituents is 1. The predicted molar refractivity (Wildman–Crippen MR) is 109 cm³/mol. The van der Waals surface area contributed by atoms with Crippen LogP contribution in [0.5, 0.6) is 11.5 Å². The number of nitrogens with one attached hydrogen (secondary N) is 1. The third kappa shape index (κ3) is 2.18. The van der Waals surface area contributed by atoms with Crippen LogP contribution in [0.15, 0.2) is 24.8 Å². The summed E-state index contributed by atoms with van der Waals surface area (Å²) in [4.78, 5) is 2.40. The van der Waals surface area contributed by atoms with Crippen molar-refractivity contribution in [3.05, 3.63) is 35.9 Å². The first-order valence-electron chi connectivity index (χ1n) is 10.9. The van der Waals surface area contributed by atoms with Gasteiger partial charge in [0, 0.05) is 24.2 Å². The molecule has 2 heterocycles. The lowest BCUT2D eigenvalue weighted by Crippen LogP contribution is -2.78. The summed E-state index contributed by atoms with van der Waals surface area (Å²) in [5, 5.41) is 26.5. The van der Waals surface area contributed by atoms with Gasteiger partial charge in [-0.15, -0.1) is 6.58 Å². The van der Waals surface area contributed by atoms with Crippen molar-refractivity contribution < 1.29 is 14.9 Å². The van der Waals surface area contributed by atoms with E-state index in [0.717, 1.165) is 63.7 Å². The van der Waals surface area contributed by atoms with Crippen LogP contribution in [0.2, 0.25) is 0 Å². The Balaban J connectivity index is 1.63. The van der Waals surface area contributed by atoms with Crippen molar-refractivity contribution >= 4 is 0 Å². The topological polar surface area (TPSA) is 65.0 Å². The van der Waals surface area contributed by atoms with Crippen molar-refractivity contribution in [1.82, 2.24) is 10.2 Å². The summed E-state index contributed by atoms with van der Waals surface area (Å²) in [7, 11) is 0. The van der Waals surface area contributed by atoms with Gasteiger partial charge < -0.3 is 20.3 Å². The molecular formula is C23H32N2O3. The molecule has 0 amide bonds. The number of phenols is 1. The molecule has 1 saturated heterocycles. The normalized spacial score (nSPS) is 38.0. The third-order valence-electron chi connectivity index (χ3n) is 7.87. The molecule has 2 aliphatic heterocycles. The van der Waals surface area contributed by atoms with Gasteiger partial charge in [0.2, 0.25) is 0 Å². The molecule has 28 heavy (non-hydrogen) atoms. The predicted octanol–water partition coefficient (Wildman–Crippen LogP) is 2.49. The summed E-state index contributed by atoms with van der Waals surface area (Å²) in [6.07, 6.45) is 7.44. The molecule has 2 bridgehead atoms. The number of hydrogen-bond acceptors (Lipinski definition) is 5. The molecule has 0 aromatic heterocycles. The van der Waals surface area contributed by atoms with Crippen LogP contribution in [0.25, 0.3) is 0 Å². The van der Waals surface area contributed by atoms with Crippen LogP contribution in [0.4, 0.5) is 0 Å². The van der Waals surface area contributed by atoms with Gasteiger partial charge in [-0.25, -0.2) is 0 Å². The lowest BCUT2D eigenvalue weighted by molar-refractivity contribution is -0.189. The van der Waals surface area contributed by atoms with Gasteiger partial charge in [0.25, 0.3) is 0 Å². The maximum absolute atomic E-state index is 12.2. The lowest BCUT2D eigenvalue weighted by atomic mass is 9.48. The zero-order valence-corrected chi connectivity index (χ0v) is 16.8. The van der Waals surface area contributed by atoms with E-state index in [2.05, 4.69) is 23.7 Å². The molecule has 1 saturated carbocycles. The van der Waals surface area contributed by atoms with Gasteiger partial charge >= 0.3 is 0 Å². The number of aromatic hydroxyl groups is 1. The summed E-state index contributed by atoms with van der Waals surface area (Å²) in [6, 6.07) is 4.08. The standard InChI is InChI=1S/C23H32N2O3/c1-3-5-11-24-16-8-9-23(27)18-14-15-6-7-17(26)20-19(15)22(23,21(16)28-20)10-13-25(18)12-4-2/h4,6-7,16,18,21,24,26-27H,2-3,5,8-14H2,1H3/t16-,18?,21?,22+,23-/m1/s1. The van der Waals surface area contributed by atoms with E-state index in [0.29, 0.717) is 5.75 Å². The van der Waals surface area contributed by atoms with Crippen molar-refractivity contribution in [3.8, 4) is 11.5 Å². The van der Waals surface area contributed by atoms with E-state index in [9.17, 15) is 10.2 Å². The maximum atomic E-state index is 12.2. The van der Waals surface area contributed by atoms with Crippen molar-refractivity contribution in [2.45, 2.75) is 74.7 Å². The Bertz CT molecular complexity index is 796. The number of piperidine rings is 1. The molecule has 152 valence electrons. The molecule has 0 radical (unpaired) electrons. The molecule has 3 N–H and O–H groups in total. The number of benzene rings is 1. The highest BCUT2D eigenvalue weighted by atomic mass is 16.5. The van der Waals surface area contributed by atoms with Crippen LogP contribution in [0, 0.1) is 0 Å². The average Bonchev–Trinajstić information content (AvgIpc) is 3.03. The first-order valence-corrected chi connectivity index (χ1v) is 10.9. The Morgan fingerprint density at radius 2 is 2.25 bits per heavy atom. The number of aliphatic hydroxyl groups is 1. The average molecular weight is 385 g/mol. The van der Waals surface area contributed by atoms with E-state index in [1.807, 2.05) is 12.1 Å². The SMILES string of the molecule is C=CCN1CC[C@]23c4c5ccc(O)c4OC2[C@H](NCCCC)CC[C@@]3(O)C1C5. The minimum atomic E-state index is -0.825. The number of nitrogens with zero attached hydrogens (tertiary/aromatic N) is 1. The number of unbranched alkanes of at least 4 members (excludes halogenated alkanes) is 1. The second-order valence-corrected chi connectivity index (χ2v) is 9.09. The Labute approximate surface area is 167 Å². The Morgan fingerprint density at radius 1 is 1.39 bits per heavy atom. The monoisotopic (exact) mass is 384 g/mol. The number of rotatable bonds is 6. The van der Waals surface area contributed by atoms with Crippen molar-refractivity contribution in [3.63, 3.8) is 0 Å². The molecule has 1 spiro atoms. The van der Waals surface area contributed by atoms with Crippen LogP contribution in [-0.2, 0) is 11.8 Å². The smallest absolute Gasteiger partial charge is 0.165 e. The van der Waals surface area contributed by atoms with Crippen LogP contribution in [-0.4, -0.2) is 58.5 Å². The van der Waals surface area contributed by atoms with Gasteiger partial charge in [-0.1, -0.05) is 25.5 Å². The zero-order valence-electron chi connectivity index (χ0n) is 16.8. The molecule has 2 unspecified atom stereocenters. The molecular weight excluding hydrogens is 352 g/mol. The molecule has 5 heteroatoms. The van der Waals surface area contributed by atoms with E-state index < -0.39 is 11.0 Å². The minimum Gasteiger partial charge on any atom is -0.504 e. The van der Waals surface area contributed by atoms with Gasteiger partial charge in [0.05, 0.1) is 11.0 Å².